The van der Waals surface area contributed by atoms with Gasteiger partial charge >= 0.3 is 0 Å². The number of nitrogens with zero attached hydrogens (tertiary/aromatic N) is 1. The van der Waals surface area contributed by atoms with E-state index in [1.807, 2.05) is 32.3 Å². The van der Waals surface area contributed by atoms with E-state index in [0.29, 0.717) is 6.42 Å². The molecule has 1 aliphatic rings. The van der Waals surface area contributed by atoms with Crippen molar-refractivity contribution >= 4 is 0 Å². The number of halogens is 2. The van der Waals surface area contributed by atoms with Crippen LogP contribution >= 0.6 is 0 Å². The van der Waals surface area contributed by atoms with E-state index in [2.05, 4.69) is 17.0 Å². The minimum atomic E-state index is -1.06. The fourth-order valence-electron chi connectivity index (χ4n) is 4.48. The summed E-state index contributed by atoms with van der Waals surface area (Å²) in [4.78, 5) is 2.12. The average molecular weight is 359 g/mol. The monoisotopic (exact) mass is 359 g/mol. The van der Waals surface area contributed by atoms with Crippen LogP contribution < -0.4 is 0 Å². The Bertz CT molecular complexity index is 734. The molecule has 0 spiro atoms. The number of hydrogen-bond acceptors (Lipinski definition) is 2. The van der Waals surface area contributed by atoms with Gasteiger partial charge in [0.1, 0.15) is 0 Å². The Balaban J connectivity index is 1.96. The fourth-order valence-corrected chi connectivity index (χ4v) is 4.48. The third kappa shape index (κ3) is 3.81. The highest BCUT2D eigenvalue weighted by Crippen LogP contribution is 2.45. The molecule has 26 heavy (non-hydrogen) atoms. The number of aliphatic hydroxyl groups is 1. The lowest BCUT2D eigenvalue weighted by Gasteiger charge is -2.46. The summed E-state index contributed by atoms with van der Waals surface area (Å²) in [6.07, 6.45) is 3.54. The summed E-state index contributed by atoms with van der Waals surface area (Å²) in [5.74, 6) is -1.74. The van der Waals surface area contributed by atoms with Crippen molar-refractivity contribution in [1.82, 2.24) is 4.90 Å². The van der Waals surface area contributed by atoms with Gasteiger partial charge < -0.3 is 10.0 Å². The molecule has 2 aromatic carbocycles. The van der Waals surface area contributed by atoms with Gasteiger partial charge in [-0.25, -0.2) is 8.78 Å². The van der Waals surface area contributed by atoms with Crippen molar-refractivity contribution in [3.8, 4) is 0 Å². The van der Waals surface area contributed by atoms with Crippen molar-refractivity contribution in [1.29, 1.82) is 0 Å². The molecule has 4 heteroatoms. The van der Waals surface area contributed by atoms with Crippen LogP contribution in [0.25, 0.3) is 0 Å². The topological polar surface area (TPSA) is 23.5 Å². The van der Waals surface area contributed by atoms with E-state index in [-0.39, 0.29) is 23.9 Å². The first-order valence-corrected chi connectivity index (χ1v) is 9.29. The largest absolute Gasteiger partial charge is 0.389 e. The summed E-state index contributed by atoms with van der Waals surface area (Å²) in [6.45, 7) is 0. The molecule has 0 saturated heterocycles. The van der Waals surface area contributed by atoms with Gasteiger partial charge in [-0.3, -0.25) is 0 Å². The molecular weight excluding hydrogens is 332 g/mol. The third-order valence-corrected chi connectivity index (χ3v) is 5.67. The van der Waals surface area contributed by atoms with Gasteiger partial charge in [0.25, 0.3) is 0 Å². The van der Waals surface area contributed by atoms with Crippen LogP contribution in [0.4, 0.5) is 8.78 Å². The van der Waals surface area contributed by atoms with Crippen molar-refractivity contribution in [2.24, 2.45) is 5.92 Å². The molecule has 0 radical (unpaired) electrons. The minimum Gasteiger partial charge on any atom is -0.389 e. The number of hydrogen-bond donors (Lipinski definition) is 1. The summed E-state index contributed by atoms with van der Waals surface area (Å²) in [5.41, 5.74) is 0.338. The SMILES string of the molecule is CN(C)C(c1ccccc1)C1CCCCC1(O)Cc1cccc(F)c1F. The Labute approximate surface area is 154 Å². The van der Waals surface area contributed by atoms with E-state index in [1.54, 1.807) is 6.07 Å². The lowest BCUT2D eigenvalue weighted by atomic mass is 9.67. The standard InChI is InChI=1S/C22H27F2NO/c1-25(2)21(16-9-4-3-5-10-16)18-12-6-7-14-22(18,26)15-17-11-8-13-19(23)20(17)24/h3-5,8-11,13,18,21,26H,6-7,12,14-15H2,1-2H3. The van der Waals surface area contributed by atoms with E-state index in [1.165, 1.54) is 6.07 Å². The Hall–Kier alpha value is -1.78. The molecule has 3 unspecified atom stereocenters. The zero-order chi connectivity index (χ0) is 18.7. The summed E-state index contributed by atoms with van der Waals surface area (Å²) >= 11 is 0. The van der Waals surface area contributed by atoms with Crippen LogP contribution in [0.5, 0.6) is 0 Å². The molecule has 0 aromatic heterocycles. The molecule has 3 rings (SSSR count). The van der Waals surface area contributed by atoms with Crippen molar-refractivity contribution in [2.45, 2.75) is 43.7 Å². The number of rotatable bonds is 5. The van der Waals surface area contributed by atoms with Crippen LogP contribution in [0.1, 0.15) is 42.9 Å². The summed E-state index contributed by atoms with van der Waals surface area (Å²) in [5, 5.41) is 11.6. The van der Waals surface area contributed by atoms with Gasteiger partial charge in [-0.15, -0.1) is 0 Å². The first kappa shape index (κ1) is 19.0. The number of benzene rings is 2. The Morgan fingerprint density at radius 2 is 1.81 bits per heavy atom. The van der Waals surface area contributed by atoms with E-state index in [0.717, 1.165) is 30.9 Å². The maximum Gasteiger partial charge on any atom is 0.162 e. The van der Waals surface area contributed by atoms with Crippen LogP contribution in [-0.2, 0) is 6.42 Å². The molecule has 0 heterocycles. The van der Waals surface area contributed by atoms with Gasteiger partial charge in [-0.05, 0) is 44.1 Å². The van der Waals surface area contributed by atoms with Gasteiger partial charge in [-0.2, -0.15) is 0 Å². The highest BCUT2D eigenvalue weighted by atomic mass is 19.2. The molecule has 0 amide bonds. The van der Waals surface area contributed by atoms with E-state index in [4.69, 9.17) is 0 Å². The molecule has 0 aliphatic heterocycles. The van der Waals surface area contributed by atoms with Crippen LogP contribution in [0.3, 0.4) is 0 Å². The quantitative estimate of drug-likeness (QED) is 0.834. The van der Waals surface area contributed by atoms with Gasteiger partial charge in [0.05, 0.1) is 5.60 Å². The summed E-state index contributed by atoms with van der Waals surface area (Å²) < 4.78 is 27.9. The molecule has 0 bridgehead atoms. The minimum absolute atomic E-state index is 0.0260. The Morgan fingerprint density at radius 3 is 2.50 bits per heavy atom. The van der Waals surface area contributed by atoms with Crippen molar-refractivity contribution in [3.63, 3.8) is 0 Å². The molecule has 1 aliphatic carbocycles. The second-order valence-electron chi connectivity index (χ2n) is 7.66. The predicted octanol–water partition coefficient (Wildman–Crippen LogP) is 4.73. The van der Waals surface area contributed by atoms with Crippen LogP contribution in [0.15, 0.2) is 48.5 Å². The second kappa shape index (κ2) is 7.85. The van der Waals surface area contributed by atoms with Gasteiger partial charge in [0.2, 0.25) is 0 Å². The van der Waals surface area contributed by atoms with E-state index in [9.17, 15) is 13.9 Å². The zero-order valence-corrected chi connectivity index (χ0v) is 15.5. The average Bonchev–Trinajstić information content (AvgIpc) is 2.62. The van der Waals surface area contributed by atoms with Crippen molar-refractivity contribution in [2.75, 3.05) is 14.1 Å². The normalized spacial score (nSPS) is 24.6. The maximum atomic E-state index is 14.2. The Morgan fingerprint density at radius 1 is 1.08 bits per heavy atom. The maximum absolute atomic E-state index is 14.2. The molecule has 1 saturated carbocycles. The predicted molar refractivity (Wildman–Crippen MR) is 99.8 cm³/mol. The molecule has 2 nitrogen and oxygen atoms in total. The second-order valence-corrected chi connectivity index (χ2v) is 7.66. The molecular formula is C22H27F2NO. The van der Waals surface area contributed by atoms with Gasteiger partial charge in [0, 0.05) is 18.4 Å². The Kier molecular flexibility index (Phi) is 5.73. The molecule has 3 atom stereocenters. The highest BCUT2D eigenvalue weighted by Gasteiger charge is 2.44. The van der Waals surface area contributed by atoms with E-state index < -0.39 is 17.2 Å². The molecule has 1 N–H and O–H groups in total. The lowest BCUT2D eigenvalue weighted by molar-refractivity contribution is -0.0775. The fraction of sp³-hybridized carbons (Fsp3) is 0.455. The van der Waals surface area contributed by atoms with Crippen molar-refractivity contribution in [3.05, 3.63) is 71.3 Å². The zero-order valence-electron chi connectivity index (χ0n) is 15.5. The smallest absolute Gasteiger partial charge is 0.162 e. The first-order chi connectivity index (χ1) is 12.4. The van der Waals surface area contributed by atoms with Crippen molar-refractivity contribution < 1.29 is 13.9 Å². The van der Waals surface area contributed by atoms with E-state index >= 15 is 0 Å². The molecule has 140 valence electrons. The first-order valence-electron chi connectivity index (χ1n) is 9.29. The van der Waals surface area contributed by atoms with Crippen LogP contribution in [-0.4, -0.2) is 29.7 Å². The van der Waals surface area contributed by atoms with Crippen LogP contribution in [0.2, 0.25) is 0 Å². The lowest BCUT2D eigenvalue weighted by Crippen LogP contribution is -2.48. The van der Waals surface area contributed by atoms with Gasteiger partial charge in [0.15, 0.2) is 11.6 Å². The summed E-state index contributed by atoms with van der Waals surface area (Å²) in [6, 6.07) is 14.4. The molecule has 1 fully saturated rings. The third-order valence-electron chi connectivity index (χ3n) is 5.67. The molecule has 2 aromatic rings. The highest BCUT2D eigenvalue weighted by molar-refractivity contribution is 5.25. The summed E-state index contributed by atoms with van der Waals surface area (Å²) in [7, 11) is 4.02. The van der Waals surface area contributed by atoms with Crippen LogP contribution in [0, 0.1) is 17.6 Å². The van der Waals surface area contributed by atoms with Gasteiger partial charge in [-0.1, -0.05) is 55.3 Å².